The molecular weight excluding hydrogens is 468 g/mol. The minimum Gasteiger partial charge on any atom is -0.497 e. The molecular formula is C25H30N4O5S. The SMILES string of the molecule is CCOC(=O)CCCNC(=O)CSc1nnc(-c2cccc(OC)c2)n1-c1ccc(OCC)cc1. The van der Waals surface area contributed by atoms with Gasteiger partial charge in [0.15, 0.2) is 11.0 Å². The van der Waals surface area contributed by atoms with Crippen LogP contribution in [0.5, 0.6) is 11.5 Å². The maximum Gasteiger partial charge on any atom is 0.305 e. The molecule has 1 N–H and O–H groups in total. The minimum atomic E-state index is -0.260. The third-order valence-corrected chi connectivity index (χ3v) is 5.81. The molecule has 35 heavy (non-hydrogen) atoms. The lowest BCUT2D eigenvalue weighted by Gasteiger charge is -2.12. The molecule has 3 aromatic rings. The summed E-state index contributed by atoms with van der Waals surface area (Å²) < 4.78 is 17.7. The molecule has 0 spiro atoms. The molecule has 2 aromatic carbocycles. The van der Waals surface area contributed by atoms with E-state index in [1.807, 2.05) is 60.0 Å². The first kappa shape index (κ1) is 26.1. The Morgan fingerprint density at radius 1 is 1.03 bits per heavy atom. The van der Waals surface area contributed by atoms with Crippen molar-refractivity contribution in [3.63, 3.8) is 0 Å². The molecule has 0 bridgehead atoms. The van der Waals surface area contributed by atoms with Crippen LogP contribution in [0.25, 0.3) is 17.1 Å². The summed E-state index contributed by atoms with van der Waals surface area (Å²) in [4.78, 5) is 23.8. The fourth-order valence-corrected chi connectivity index (χ4v) is 4.06. The molecule has 1 heterocycles. The second-order valence-corrected chi connectivity index (χ2v) is 8.29. The number of nitrogens with one attached hydrogen (secondary N) is 1. The number of rotatable bonds is 13. The molecule has 0 radical (unpaired) electrons. The number of nitrogens with zero attached hydrogens (tertiary/aromatic N) is 3. The van der Waals surface area contributed by atoms with Crippen molar-refractivity contribution in [2.24, 2.45) is 0 Å². The van der Waals surface area contributed by atoms with Crippen molar-refractivity contribution in [2.45, 2.75) is 31.8 Å². The topological polar surface area (TPSA) is 105 Å². The second kappa shape index (κ2) is 13.4. The maximum atomic E-state index is 12.4. The largest absolute Gasteiger partial charge is 0.497 e. The highest BCUT2D eigenvalue weighted by molar-refractivity contribution is 7.99. The number of hydrogen-bond acceptors (Lipinski definition) is 8. The normalized spacial score (nSPS) is 10.6. The first-order valence-corrected chi connectivity index (χ1v) is 12.4. The van der Waals surface area contributed by atoms with Crippen LogP contribution < -0.4 is 14.8 Å². The molecule has 9 nitrogen and oxygen atoms in total. The van der Waals surface area contributed by atoms with Crippen molar-refractivity contribution >= 4 is 23.6 Å². The summed E-state index contributed by atoms with van der Waals surface area (Å²) in [5, 5.41) is 12.2. The molecule has 1 aromatic heterocycles. The Labute approximate surface area is 209 Å². The quantitative estimate of drug-likeness (QED) is 0.215. The van der Waals surface area contributed by atoms with Gasteiger partial charge in [-0.05, 0) is 56.7 Å². The van der Waals surface area contributed by atoms with E-state index >= 15 is 0 Å². The summed E-state index contributed by atoms with van der Waals surface area (Å²) in [7, 11) is 1.61. The van der Waals surface area contributed by atoms with E-state index in [1.54, 1.807) is 14.0 Å². The van der Waals surface area contributed by atoms with E-state index in [2.05, 4.69) is 15.5 Å². The van der Waals surface area contributed by atoms with Gasteiger partial charge in [-0.1, -0.05) is 23.9 Å². The molecule has 0 aliphatic heterocycles. The van der Waals surface area contributed by atoms with Crippen LogP contribution >= 0.6 is 11.8 Å². The number of esters is 1. The van der Waals surface area contributed by atoms with Crippen molar-refractivity contribution < 1.29 is 23.8 Å². The number of thioether (sulfide) groups is 1. The highest BCUT2D eigenvalue weighted by atomic mass is 32.2. The lowest BCUT2D eigenvalue weighted by Crippen LogP contribution is -2.26. The molecule has 1 amide bonds. The standard InChI is InChI=1S/C25H30N4O5S/c1-4-33-20-13-11-19(12-14-20)29-24(18-8-6-9-21(16-18)32-3)27-28-25(29)35-17-22(30)26-15-7-10-23(31)34-5-2/h6,8-9,11-14,16H,4-5,7,10,15,17H2,1-3H3,(H,26,30). The number of amides is 1. The van der Waals surface area contributed by atoms with Gasteiger partial charge in [0, 0.05) is 24.2 Å². The van der Waals surface area contributed by atoms with Crippen molar-refractivity contribution in [3.8, 4) is 28.6 Å². The van der Waals surface area contributed by atoms with Crippen LogP contribution in [0.2, 0.25) is 0 Å². The predicted octanol–water partition coefficient (Wildman–Crippen LogP) is 3.89. The highest BCUT2D eigenvalue weighted by Crippen LogP contribution is 2.30. The van der Waals surface area contributed by atoms with E-state index in [0.717, 1.165) is 17.0 Å². The third kappa shape index (κ3) is 7.48. The Kier molecular flexibility index (Phi) is 9.97. The average Bonchev–Trinajstić information content (AvgIpc) is 3.30. The van der Waals surface area contributed by atoms with Gasteiger partial charge in [0.2, 0.25) is 5.91 Å². The number of ether oxygens (including phenoxy) is 3. The lowest BCUT2D eigenvalue weighted by molar-refractivity contribution is -0.143. The molecule has 0 fully saturated rings. The number of hydrogen-bond donors (Lipinski definition) is 1. The molecule has 3 rings (SSSR count). The number of aromatic nitrogens is 3. The van der Waals surface area contributed by atoms with Crippen LogP contribution in [0, 0.1) is 0 Å². The van der Waals surface area contributed by atoms with Crippen LogP contribution in [-0.2, 0) is 14.3 Å². The van der Waals surface area contributed by atoms with Gasteiger partial charge in [0.1, 0.15) is 11.5 Å². The highest BCUT2D eigenvalue weighted by Gasteiger charge is 2.18. The third-order valence-electron chi connectivity index (χ3n) is 4.88. The van der Waals surface area contributed by atoms with Gasteiger partial charge < -0.3 is 19.5 Å². The average molecular weight is 499 g/mol. The number of carbonyl (C=O) groups excluding carboxylic acids is 2. The molecule has 0 unspecified atom stereocenters. The molecule has 0 saturated carbocycles. The maximum absolute atomic E-state index is 12.4. The van der Waals surface area contributed by atoms with Crippen molar-refractivity contribution in [2.75, 3.05) is 32.6 Å². The first-order valence-electron chi connectivity index (χ1n) is 11.4. The Bertz CT molecular complexity index is 1120. The van der Waals surface area contributed by atoms with Crippen molar-refractivity contribution in [1.29, 1.82) is 0 Å². The Hall–Kier alpha value is -3.53. The van der Waals surface area contributed by atoms with Gasteiger partial charge in [-0.15, -0.1) is 10.2 Å². The Morgan fingerprint density at radius 2 is 1.83 bits per heavy atom. The van der Waals surface area contributed by atoms with Crippen LogP contribution in [0.3, 0.4) is 0 Å². The molecule has 0 saturated heterocycles. The molecule has 0 aliphatic rings. The van der Waals surface area contributed by atoms with Crippen LogP contribution in [0.15, 0.2) is 53.7 Å². The van der Waals surface area contributed by atoms with E-state index in [-0.39, 0.29) is 24.1 Å². The van der Waals surface area contributed by atoms with Gasteiger partial charge >= 0.3 is 5.97 Å². The smallest absolute Gasteiger partial charge is 0.305 e. The second-order valence-electron chi connectivity index (χ2n) is 7.35. The van der Waals surface area contributed by atoms with Crippen molar-refractivity contribution in [3.05, 3.63) is 48.5 Å². The zero-order valence-electron chi connectivity index (χ0n) is 20.2. The summed E-state index contributed by atoms with van der Waals surface area (Å²) in [6, 6.07) is 15.2. The summed E-state index contributed by atoms with van der Waals surface area (Å²) in [5.41, 5.74) is 1.68. The zero-order chi connectivity index (χ0) is 25.0. The van der Waals surface area contributed by atoms with Gasteiger partial charge in [-0.3, -0.25) is 14.2 Å². The first-order chi connectivity index (χ1) is 17.0. The van der Waals surface area contributed by atoms with E-state index < -0.39 is 0 Å². The zero-order valence-corrected chi connectivity index (χ0v) is 21.0. The summed E-state index contributed by atoms with van der Waals surface area (Å²) in [5.74, 6) is 1.86. The number of carbonyl (C=O) groups is 2. The number of methoxy groups -OCH3 is 1. The van der Waals surface area contributed by atoms with E-state index in [0.29, 0.717) is 42.9 Å². The molecule has 0 aliphatic carbocycles. The summed E-state index contributed by atoms with van der Waals surface area (Å²) >= 11 is 1.29. The van der Waals surface area contributed by atoms with E-state index in [9.17, 15) is 9.59 Å². The predicted molar refractivity (Wildman–Crippen MR) is 134 cm³/mol. The monoisotopic (exact) mass is 498 g/mol. The van der Waals surface area contributed by atoms with Gasteiger partial charge in [-0.2, -0.15) is 0 Å². The Morgan fingerprint density at radius 3 is 2.54 bits per heavy atom. The van der Waals surface area contributed by atoms with E-state index in [1.165, 1.54) is 11.8 Å². The Balaban J connectivity index is 1.75. The minimum absolute atomic E-state index is 0.150. The fraction of sp³-hybridized carbons (Fsp3) is 0.360. The van der Waals surface area contributed by atoms with Crippen LogP contribution in [-0.4, -0.2) is 59.3 Å². The molecule has 0 atom stereocenters. The lowest BCUT2D eigenvalue weighted by atomic mass is 10.2. The van der Waals surface area contributed by atoms with E-state index in [4.69, 9.17) is 14.2 Å². The fourth-order valence-electron chi connectivity index (χ4n) is 3.28. The molecule has 10 heteroatoms. The number of benzene rings is 2. The molecule has 186 valence electrons. The summed E-state index contributed by atoms with van der Waals surface area (Å²) in [6.07, 6.45) is 0.800. The van der Waals surface area contributed by atoms with Crippen LogP contribution in [0.4, 0.5) is 0 Å². The summed E-state index contributed by atoms with van der Waals surface area (Å²) in [6.45, 7) is 5.04. The van der Waals surface area contributed by atoms with Crippen LogP contribution in [0.1, 0.15) is 26.7 Å². The van der Waals surface area contributed by atoms with Crippen molar-refractivity contribution in [1.82, 2.24) is 20.1 Å². The van der Waals surface area contributed by atoms with Gasteiger partial charge in [0.05, 0.1) is 26.1 Å². The van der Waals surface area contributed by atoms with Gasteiger partial charge in [-0.25, -0.2) is 0 Å². The van der Waals surface area contributed by atoms with Gasteiger partial charge in [0.25, 0.3) is 0 Å².